The third-order valence-electron chi connectivity index (χ3n) is 2.46. The standard InChI is InChI=1S/C11H16ClN7O/c1-7(2)3-8(20)4-14-10-16-9(12)17-11(18-10)19-6-13-5-15-19/h5-8,20H,3-4H2,1-2H3,(H,14,16,17,18). The van der Waals surface area contributed by atoms with Crippen molar-refractivity contribution in [2.24, 2.45) is 5.92 Å². The van der Waals surface area contributed by atoms with Crippen molar-refractivity contribution in [3.05, 3.63) is 17.9 Å². The van der Waals surface area contributed by atoms with Crippen LogP contribution in [0.1, 0.15) is 20.3 Å². The molecule has 2 rings (SSSR count). The summed E-state index contributed by atoms with van der Waals surface area (Å²) in [6, 6.07) is 0. The van der Waals surface area contributed by atoms with Crippen LogP contribution in [0.25, 0.3) is 5.95 Å². The lowest BCUT2D eigenvalue weighted by atomic mass is 10.1. The largest absolute Gasteiger partial charge is 0.391 e. The van der Waals surface area contributed by atoms with Crippen molar-refractivity contribution in [2.75, 3.05) is 11.9 Å². The topological polar surface area (TPSA) is 102 Å². The van der Waals surface area contributed by atoms with E-state index in [1.807, 2.05) is 13.8 Å². The highest BCUT2D eigenvalue weighted by atomic mass is 35.5. The van der Waals surface area contributed by atoms with Gasteiger partial charge in [-0.1, -0.05) is 13.8 Å². The molecule has 20 heavy (non-hydrogen) atoms. The second-order valence-corrected chi connectivity index (χ2v) is 5.07. The van der Waals surface area contributed by atoms with Crippen molar-refractivity contribution in [1.82, 2.24) is 29.7 Å². The van der Waals surface area contributed by atoms with Gasteiger partial charge in [-0.15, -0.1) is 0 Å². The predicted octanol–water partition coefficient (Wildman–Crippen LogP) is 0.925. The maximum absolute atomic E-state index is 9.81. The molecular weight excluding hydrogens is 282 g/mol. The summed E-state index contributed by atoms with van der Waals surface area (Å²) in [6.45, 7) is 4.44. The summed E-state index contributed by atoms with van der Waals surface area (Å²) in [7, 11) is 0. The summed E-state index contributed by atoms with van der Waals surface area (Å²) in [5.41, 5.74) is 0. The van der Waals surface area contributed by atoms with Gasteiger partial charge in [0, 0.05) is 6.54 Å². The fraction of sp³-hybridized carbons (Fsp3) is 0.545. The molecule has 2 N–H and O–H groups in total. The quantitative estimate of drug-likeness (QED) is 0.817. The molecule has 0 bridgehead atoms. The van der Waals surface area contributed by atoms with Gasteiger partial charge in [-0.2, -0.15) is 24.7 Å². The van der Waals surface area contributed by atoms with Gasteiger partial charge in [0.25, 0.3) is 5.95 Å². The third kappa shape index (κ3) is 4.10. The van der Waals surface area contributed by atoms with E-state index in [-0.39, 0.29) is 11.2 Å². The van der Waals surface area contributed by atoms with E-state index in [1.165, 1.54) is 17.3 Å². The first-order valence-electron chi connectivity index (χ1n) is 6.23. The monoisotopic (exact) mass is 297 g/mol. The molecule has 0 fully saturated rings. The minimum absolute atomic E-state index is 0.0475. The Labute approximate surface area is 121 Å². The molecule has 0 radical (unpaired) electrons. The summed E-state index contributed by atoms with van der Waals surface area (Å²) in [5, 5.41) is 16.7. The number of aromatic nitrogens is 6. The molecule has 8 nitrogen and oxygen atoms in total. The Morgan fingerprint density at radius 1 is 1.35 bits per heavy atom. The van der Waals surface area contributed by atoms with Crippen LogP contribution in [0, 0.1) is 5.92 Å². The van der Waals surface area contributed by atoms with Crippen LogP contribution in [0.15, 0.2) is 12.7 Å². The third-order valence-corrected chi connectivity index (χ3v) is 2.63. The molecule has 2 aromatic heterocycles. The van der Waals surface area contributed by atoms with Crippen LogP contribution < -0.4 is 5.32 Å². The van der Waals surface area contributed by atoms with E-state index in [9.17, 15) is 5.11 Å². The molecule has 0 aliphatic rings. The molecule has 0 aromatic carbocycles. The van der Waals surface area contributed by atoms with Crippen LogP contribution in [-0.2, 0) is 0 Å². The second kappa shape index (κ2) is 6.58. The minimum Gasteiger partial charge on any atom is -0.391 e. The van der Waals surface area contributed by atoms with E-state index >= 15 is 0 Å². The summed E-state index contributed by atoms with van der Waals surface area (Å²) < 4.78 is 1.38. The maximum Gasteiger partial charge on any atom is 0.258 e. The molecule has 108 valence electrons. The Balaban J connectivity index is 2.05. The van der Waals surface area contributed by atoms with Crippen molar-refractivity contribution >= 4 is 17.5 Å². The van der Waals surface area contributed by atoms with Gasteiger partial charge in [0.15, 0.2) is 0 Å². The molecule has 1 unspecified atom stereocenters. The van der Waals surface area contributed by atoms with E-state index in [1.54, 1.807) is 0 Å². The molecule has 2 heterocycles. The van der Waals surface area contributed by atoms with Gasteiger partial charge in [0.1, 0.15) is 12.7 Å². The lowest BCUT2D eigenvalue weighted by Gasteiger charge is -2.13. The molecule has 0 saturated carbocycles. The smallest absolute Gasteiger partial charge is 0.258 e. The van der Waals surface area contributed by atoms with Gasteiger partial charge >= 0.3 is 0 Å². The summed E-state index contributed by atoms with van der Waals surface area (Å²) in [6.07, 6.45) is 3.06. The number of nitrogens with zero attached hydrogens (tertiary/aromatic N) is 6. The zero-order valence-electron chi connectivity index (χ0n) is 11.2. The number of nitrogens with one attached hydrogen (secondary N) is 1. The Morgan fingerprint density at radius 2 is 2.15 bits per heavy atom. The number of halogens is 1. The van der Waals surface area contributed by atoms with Gasteiger partial charge in [0.05, 0.1) is 6.10 Å². The zero-order valence-corrected chi connectivity index (χ0v) is 12.0. The van der Waals surface area contributed by atoms with E-state index in [4.69, 9.17) is 11.6 Å². The Hall–Kier alpha value is -1.80. The lowest BCUT2D eigenvalue weighted by molar-refractivity contribution is 0.161. The zero-order chi connectivity index (χ0) is 14.5. The van der Waals surface area contributed by atoms with Crippen molar-refractivity contribution < 1.29 is 5.11 Å². The van der Waals surface area contributed by atoms with Crippen LogP contribution in [0.3, 0.4) is 0 Å². The lowest BCUT2D eigenvalue weighted by Crippen LogP contribution is -2.22. The molecule has 0 aliphatic heterocycles. The highest BCUT2D eigenvalue weighted by molar-refractivity contribution is 6.28. The van der Waals surface area contributed by atoms with E-state index in [0.29, 0.717) is 24.8 Å². The molecule has 0 aliphatic carbocycles. The van der Waals surface area contributed by atoms with Gasteiger partial charge in [0.2, 0.25) is 11.2 Å². The normalized spacial score (nSPS) is 12.7. The number of rotatable bonds is 6. The van der Waals surface area contributed by atoms with Crippen molar-refractivity contribution in [3.8, 4) is 5.95 Å². The number of hydrogen-bond donors (Lipinski definition) is 2. The molecule has 9 heteroatoms. The van der Waals surface area contributed by atoms with Gasteiger partial charge < -0.3 is 10.4 Å². The number of hydrogen-bond acceptors (Lipinski definition) is 7. The second-order valence-electron chi connectivity index (χ2n) is 4.73. The van der Waals surface area contributed by atoms with Crippen LogP contribution in [0.4, 0.5) is 5.95 Å². The van der Waals surface area contributed by atoms with Crippen LogP contribution >= 0.6 is 11.6 Å². The van der Waals surface area contributed by atoms with Crippen molar-refractivity contribution in [3.63, 3.8) is 0 Å². The Morgan fingerprint density at radius 3 is 2.80 bits per heavy atom. The molecule has 0 spiro atoms. The average Bonchev–Trinajstić information content (AvgIpc) is 2.89. The van der Waals surface area contributed by atoms with Crippen molar-refractivity contribution in [2.45, 2.75) is 26.4 Å². The fourth-order valence-electron chi connectivity index (χ4n) is 1.67. The van der Waals surface area contributed by atoms with Crippen LogP contribution in [0.2, 0.25) is 5.28 Å². The fourth-order valence-corrected chi connectivity index (χ4v) is 1.82. The molecule has 0 amide bonds. The summed E-state index contributed by atoms with van der Waals surface area (Å²) in [5.74, 6) is 0.973. The number of aliphatic hydroxyl groups excluding tert-OH is 1. The first-order valence-corrected chi connectivity index (χ1v) is 6.61. The van der Waals surface area contributed by atoms with Gasteiger partial charge in [-0.25, -0.2) is 4.98 Å². The van der Waals surface area contributed by atoms with Crippen LogP contribution in [-0.4, -0.2) is 47.5 Å². The Kier molecular flexibility index (Phi) is 4.80. The molecule has 0 saturated heterocycles. The number of aliphatic hydroxyl groups is 1. The molecule has 2 aromatic rings. The van der Waals surface area contributed by atoms with E-state index < -0.39 is 6.10 Å². The van der Waals surface area contributed by atoms with E-state index in [0.717, 1.165) is 0 Å². The predicted molar refractivity (Wildman–Crippen MR) is 73.7 cm³/mol. The molecular formula is C11H16ClN7O. The van der Waals surface area contributed by atoms with Gasteiger partial charge in [-0.3, -0.25) is 0 Å². The minimum atomic E-state index is -0.472. The number of anilines is 1. The maximum atomic E-state index is 9.81. The van der Waals surface area contributed by atoms with E-state index in [2.05, 4.69) is 30.4 Å². The van der Waals surface area contributed by atoms with Crippen LogP contribution in [0.5, 0.6) is 0 Å². The highest BCUT2D eigenvalue weighted by Gasteiger charge is 2.10. The first-order chi connectivity index (χ1) is 9.54. The summed E-state index contributed by atoms with van der Waals surface area (Å²) >= 11 is 5.84. The highest BCUT2D eigenvalue weighted by Crippen LogP contribution is 2.10. The van der Waals surface area contributed by atoms with Crippen molar-refractivity contribution in [1.29, 1.82) is 0 Å². The summed E-state index contributed by atoms with van der Waals surface area (Å²) in [4.78, 5) is 15.9. The average molecular weight is 298 g/mol. The first kappa shape index (κ1) is 14.6. The van der Waals surface area contributed by atoms with Gasteiger partial charge in [-0.05, 0) is 23.9 Å². The SMILES string of the molecule is CC(C)CC(O)CNc1nc(Cl)nc(-n2cncn2)n1. The molecule has 1 atom stereocenters. The Bertz CT molecular complexity index is 546.